The highest BCUT2D eigenvalue weighted by Gasteiger charge is 2.18. The predicted molar refractivity (Wildman–Crippen MR) is 112 cm³/mol. The fraction of sp³-hybridized carbons (Fsp3) is 0.273. The van der Waals surface area contributed by atoms with Gasteiger partial charge in [0.2, 0.25) is 0 Å². The largest absolute Gasteiger partial charge is 0.351 e. The van der Waals surface area contributed by atoms with E-state index in [-0.39, 0.29) is 11.7 Å². The molecule has 0 atom stereocenters. The number of hydrogen-bond donors (Lipinski definition) is 1. The molecule has 1 aromatic heterocycles. The first kappa shape index (κ1) is 20.1. The first-order chi connectivity index (χ1) is 13.6. The molecule has 0 aliphatic heterocycles. The van der Waals surface area contributed by atoms with Crippen LogP contribution < -0.4 is 5.32 Å². The molecule has 1 heterocycles. The summed E-state index contributed by atoms with van der Waals surface area (Å²) in [4.78, 5) is 12.6. The first-order valence-electron chi connectivity index (χ1n) is 9.23. The zero-order chi connectivity index (χ0) is 19.9. The number of halogens is 1. The van der Waals surface area contributed by atoms with Gasteiger partial charge in [-0.3, -0.25) is 9.48 Å². The highest BCUT2D eigenvalue weighted by Crippen LogP contribution is 2.16. The molecule has 4 nitrogen and oxygen atoms in total. The van der Waals surface area contributed by atoms with Gasteiger partial charge >= 0.3 is 0 Å². The number of rotatable bonds is 8. The van der Waals surface area contributed by atoms with E-state index in [1.807, 2.05) is 54.9 Å². The van der Waals surface area contributed by atoms with Crippen molar-refractivity contribution in [2.24, 2.45) is 0 Å². The molecule has 3 rings (SSSR count). The lowest BCUT2D eigenvalue weighted by Gasteiger charge is -2.07. The summed E-state index contributed by atoms with van der Waals surface area (Å²) < 4.78 is 15.5. The van der Waals surface area contributed by atoms with Crippen LogP contribution in [0, 0.1) is 19.7 Å². The summed E-state index contributed by atoms with van der Waals surface area (Å²) in [6.45, 7) is 4.95. The topological polar surface area (TPSA) is 46.9 Å². The Labute approximate surface area is 169 Å². The Morgan fingerprint density at radius 2 is 1.82 bits per heavy atom. The van der Waals surface area contributed by atoms with E-state index in [1.54, 1.807) is 23.9 Å². The molecule has 6 heteroatoms. The Morgan fingerprint density at radius 1 is 1.11 bits per heavy atom. The van der Waals surface area contributed by atoms with Crippen LogP contribution in [0.3, 0.4) is 0 Å². The molecule has 3 aromatic rings. The van der Waals surface area contributed by atoms with Gasteiger partial charge in [0.15, 0.2) is 0 Å². The van der Waals surface area contributed by atoms with Crippen LogP contribution in [0.5, 0.6) is 0 Å². The highest BCUT2D eigenvalue weighted by atomic mass is 32.2. The molecule has 1 amide bonds. The fourth-order valence-corrected chi connectivity index (χ4v) is 3.90. The molecule has 0 bridgehead atoms. The molecule has 28 heavy (non-hydrogen) atoms. The number of amides is 1. The van der Waals surface area contributed by atoms with Gasteiger partial charge in [-0.2, -0.15) is 16.9 Å². The van der Waals surface area contributed by atoms with Crippen LogP contribution in [-0.4, -0.2) is 28.0 Å². The number of aryl methyl sites for hydroxylation is 1. The second-order valence-electron chi connectivity index (χ2n) is 6.59. The third-order valence-electron chi connectivity index (χ3n) is 4.53. The smallest absolute Gasteiger partial charge is 0.255 e. The Balaban J connectivity index is 1.52. The Kier molecular flexibility index (Phi) is 6.87. The zero-order valence-corrected chi connectivity index (χ0v) is 16.9. The highest BCUT2D eigenvalue weighted by molar-refractivity contribution is 7.98. The summed E-state index contributed by atoms with van der Waals surface area (Å²) in [5.41, 5.74) is 4.05. The summed E-state index contributed by atoms with van der Waals surface area (Å²) in [6, 6.07) is 16.8. The predicted octanol–water partition coefficient (Wildman–Crippen LogP) is 4.35. The maximum Gasteiger partial charge on any atom is 0.255 e. The van der Waals surface area contributed by atoms with Gasteiger partial charge in [-0.25, -0.2) is 4.39 Å². The number of benzene rings is 2. The molecule has 146 valence electrons. The molecule has 0 aliphatic carbocycles. The number of carbonyl (C=O) groups is 1. The van der Waals surface area contributed by atoms with Crippen molar-refractivity contribution in [2.45, 2.75) is 26.1 Å². The van der Waals surface area contributed by atoms with Crippen molar-refractivity contribution >= 4 is 17.7 Å². The number of nitrogens with zero attached hydrogens (tertiary/aromatic N) is 2. The van der Waals surface area contributed by atoms with Gasteiger partial charge in [-0.15, -0.1) is 0 Å². The second-order valence-corrected chi connectivity index (χ2v) is 7.69. The van der Waals surface area contributed by atoms with Crippen LogP contribution in [0.2, 0.25) is 0 Å². The van der Waals surface area contributed by atoms with Crippen molar-refractivity contribution in [3.8, 4) is 0 Å². The fourth-order valence-electron chi connectivity index (χ4n) is 3.06. The zero-order valence-electron chi connectivity index (χ0n) is 16.1. The van der Waals surface area contributed by atoms with Gasteiger partial charge in [-0.05, 0) is 31.0 Å². The van der Waals surface area contributed by atoms with Gasteiger partial charge in [0.1, 0.15) is 5.82 Å². The van der Waals surface area contributed by atoms with E-state index < -0.39 is 0 Å². The quantitative estimate of drug-likeness (QED) is 0.575. The van der Waals surface area contributed by atoms with Gasteiger partial charge < -0.3 is 5.32 Å². The summed E-state index contributed by atoms with van der Waals surface area (Å²) in [6.07, 6.45) is 0. The van der Waals surface area contributed by atoms with Gasteiger partial charge in [-0.1, -0.05) is 48.5 Å². The maximum absolute atomic E-state index is 13.6. The van der Waals surface area contributed by atoms with Crippen LogP contribution in [-0.2, 0) is 12.3 Å². The third-order valence-corrected chi connectivity index (χ3v) is 5.54. The van der Waals surface area contributed by atoms with E-state index >= 15 is 0 Å². The van der Waals surface area contributed by atoms with Gasteiger partial charge in [0.25, 0.3) is 5.91 Å². The summed E-state index contributed by atoms with van der Waals surface area (Å²) in [5.74, 6) is 1.02. The van der Waals surface area contributed by atoms with E-state index in [1.165, 1.54) is 6.07 Å². The summed E-state index contributed by atoms with van der Waals surface area (Å²) in [5, 5.41) is 7.48. The molecule has 0 radical (unpaired) electrons. The molecule has 0 fully saturated rings. The molecule has 0 spiro atoms. The molecule has 0 saturated carbocycles. The van der Waals surface area contributed by atoms with Crippen molar-refractivity contribution in [1.82, 2.24) is 15.1 Å². The number of hydrogen-bond acceptors (Lipinski definition) is 3. The SMILES string of the molecule is Cc1nn(Cc2ccccc2)c(C)c1C(=O)NCCSCc1ccccc1F. The number of nitrogens with one attached hydrogen (secondary N) is 1. The Bertz CT molecular complexity index is 940. The van der Waals surface area contributed by atoms with Crippen molar-refractivity contribution in [3.05, 3.63) is 88.5 Å². The minimum absolute atomic E-state index is 0.110. The summed E-state index contributed by atoms with van der Waals surface area (Å²) >= 11 is 1.60. The van der Waals surface area contributed by atoms with Crippen LogP contribution >= 0.6 is 11.8 Å². The Morgan fingerprint density at radius 3 is 2.57 bits per heavy atom. The summed E-state index contributed by atoms with van der Waals surface area (Å²) in [7, 11) is 0. The average Bonchev–Trinajstić information content (AvgIpc) is 2.97. The van der Waals surface area contributed by atoms with Gasteiger partial charge in [0.05, 0.1) is 17.8 Å². The minimum Gasteiger partial charge on any atom is -0.351 e. The molecular weight excluding hydrogens is 373 g/mol. The molecule has 0 saturated heterocycles. The molecule has 2 aromatic carbocycles. The standard InChI is InChI=1S/C22H24FN3OS/c1-16-21(17(2)26(25-16)14-18-8-4-3-5-9-18)22(27)24-12-13-28-15-19-10-6-7-11-20(19)23/h3-11H,12-15H2,1-2H3,(H,24,27). The monoisotopic (exact) mass is 397 g/mol. The van der Waals surface area contributed by atoms with Crippen molar-refractivity contribution in [1.29, 1.82) is 0 Å². The van der Waals surface area contributed by atoms with Crippen molar-refractivity contribution in [2.75, 3.05) is 12.3 Å². The third kappa shape index (κ3) is 5.01. The van der Waals surface area contributed by atoms with E-state index in [9.17, 15) is 9.18 Å². The second kappa shape index (κ2) is 9.55. The van der Waals surface area contributed by atoms with Crippen molar-refractivity contribution in [3.63, 3.8) is 0 Å². The van der Waals surface area contributed by atoms with Crippen LogP contribution in [0.1, 0.15) is 32.9 Å². The van der Waals surface area contributed by atoms with E-state index in [4.69, 9.17) is 0 Å². The number of carbonyl (C=O) groups excluding carboxylic acids is 1. The van der Waals surface area contributed by atoms with E-state index in [0.717, 1.165) is 22.7 Å². The molecule has 0 unspecified atom stereocenters. The van der Waals surface area contributed by atoms with Crippen molar-refractivity contribution < 1.29 is 9.18 Å². The van der Waals surface area contributed by atoms with E-state index in [2.05, 4.69) is 10.4 Å². The minimum atomic E-state index is -0.184. The maximum atomic E-state index is 13.6. The number of thioether (sulfide) groups is 1. The average molecular weight is 398 g/mol. The molecular formula is C22H24FN3OS. The lowest BCUT2D eigenvalue weighted by atomic mass is 10.2. The first-order valence-corrected chi connectivity index (χ1v) is 10.4. The van der Waals surface area contributed by atoms with Gasteiger partial charge in [0, 0.05) is 23.7 Å². The van der Waals surface area contributed by atoms with Crippen LogP contribution in [0.4, 0.5) is 4.39 Å². The lowest BCUT2D eigenvalue weighted by Crippen LogP contribution is -2.26. The lowest BCUT2D eigenvalue weighted by molar-refractivity contribution is 0.0955. The van der Waals surface area contributed by atoms with Crippen LogP contribution in [0.25, 0.3) is 0 Å². The molecule has 1 N–H and O–H groups in total. The van der Waals surface area contributed by atoms with Crippen LogP contribution in [0.15, 0.2) is 54.6 Å². The normalized spacial score (nSPS) is 10.8. The molecule has 0 aliphatic rings. The Hall–Kier alpha value is -2.60. The number of aromatic nitrogens is 2. The van der Waals surface area contributed by atoms with E-state index in [0.29, 0.717) is 30.0 Å².